The first-order chi connectivity index (χ1) is 18.5. The van der Waals surface area contributed by atoms with Gasteiger partial charge in [-0.3, -0.25) is 14.4 Å². The van der Waals surface area contributed by atoms with Crippen LogP contribution in [0.1, 0.15) is 27.5 Å². The number of ether oxygens (including phenoxy) is 1. The highest BCUT2D eigenvalue weighted by Crippen LogP contribution is 2.47. The van der Waals surface area contributed by atoms with E-state index < -0.39 is 24.0 Å². The normalized spacial score (nSPS) is 20.5. The van der Waals surface area contributed by atoms with Gasteiger partial charge in [0.05, 0.1) is 23.0 Å². The second kappa shape index (κ2) is 9.61. The number of benzene rings is 4. The largest absolute Gasteiger partial charge is 0.423 e. The lowest BCUT2D eigenvalue weighted by Gasteiger charge is -2.29. The van der Waals surface area contributed by atoms with Crippen molar-refractivity contribution < 1.29 is 24.0 Å². The highest BCUT2D eigenvalue weighted by atomic mass is 16.7. The van der Waals surface area contributed by atoms with Gasteiger partial charge in [-0.05, 0) is 66.6 Å². The number of hydrogen-bond acceptors (Lipinski definition) is 6. The van der Waals surface area contributed by atoms with Crippen molar-refractivity contribution in [1.82, 2.24) is 0 Å². The molecule has 7 nitrogen and oxygen atoms in total. The van der Waals surface area contributed by atoms with Gasteiger partial charge in [0, 0.05) is 0 Å². The Morgan fingerprint density at radius 1 is 0.763 bits per heavy atom. The molecule has 2 heterocycles. The first-order valence-corrected chi connectivity index (χ1v) is 12.3. The van der Waals surface area contributed by atoms with Crippen LogP contribution in [0.2, 0.25) is 0 Å². The zero-order chi connectivity index (χ0) is 26.2. The number of para-hydroxylation sites is 1. The van der Waals surface area contributed by atoms with Gasteiger partial charge in [0.25, 0.3) is 5.91 Å². The molecular formula is C31H24N2O5. The summed E-state index contributed by atoms with van der Waals surface area (Å²) < 4.78 is 5.53. The summed E-state index contributed by atoms with van der Waals surface area (Å²) >= 11 is 0. The van der Waals surface area contributed by atoms with Crippen LogP contribution < -0.4 is 14.7 Å². The number of amides is 2. The Bertz CT molecular complexity index is 1500. The van der Waals surface area contributed by atoms with E-state index in [1.165, 1.54) is 4.90 Å². The Hall–Kier alpha value is -4.75. The van der Waals surface area contributed by atoms with Crippen molar-refractivity contribution in [2.75, 3.05) is 9.96 Å². The van der Waals surface area contributed by atoms with Crippen molar-refractivity contribution in [1.29, 1.82) is 0 Å². The summed E-state index contributed by atoms with van der Waals surface area (Å²) in [6.45, 7) is 1.91. The second-order valence-electron chi connectivity index (χ2n) is 9.33. The summed E-state index contributed by atoms with van der Waals surface area (Å²) in [7, 11) is 0. The lowest BCUT2D eigenvalue weighted by molar-refractivity contribution is -0.126. The minimum absolute atomic E-state index is 0.311. The molecular weight excluding hydrogens is 480 g/mol. The van der Waals surface area contributed by atoms with E-state index in [4.69, 9.17) is 9.57 Å². The number of rotatable bonds is 5. The van der Waals surface area contributed by atoms with Crippen LogP contribution in [0.25, 0.3) is 0 Å². The number of aryl methyl sites for hydroxylation is 1. The van der Waals surface area contributed by atoms with Crippen LogP contribution in [0, 0.1) is 12.8 Å². The molecule has 2 saturated heterocycles. The van der Waals surface area contributed by atoms with Crippen LogP contribution in [-0.2, 0) is 14.4 Å². The summed E-state index contributed by atoms with van der Waals surface area (Å²) in [5.74, 6) is -1.53. The molecule has 0 radical (unpaired) electrons. The van der Waals surface area contributed by atoms with Gasteiger partial charge in [-0.2, -0.15) is 0 Å². The monoisotopic (exact) mass is 504 g/mol. The maximum Gasteiger partial charge on any atom is 0.343 e. The van der Waals surface area contributed by atoms with Crippen LogP contribution in [-0.4, -0.2) is 23.9 Å². The number of hydrogen-bond donors (Lipinski definition) is 0. The minimum Gasteiger partial charge on any atom is -0.423 e. The summed E-state index contributed by atoms with van der Waals surface area (Å²) in [5, 5.41) is 1.64. The fourth-order valence-corrected chi connectivity index (χ4v) is 5.05. The van der Waals surface area contributed by atoms with E-state index in [9.17, 15) is 14.4 Å². The quantitative estimate of drug-likeness (QED) is 0.210. The van der Waals surface area contributed by atoms with Crippen molar-refractivity contribution >= 4 is 29.2 Å². The van der Waals surface area contributed by atoms with E-state index in [2.05, 4.69) is 0 Å². The first kappa shape index (κ1) is 23.6. The number of carbonyl (C=O) groups is 3. The molecule has 0 aliphatic carbocycles. The fraction of sp³-hybridized carbons (Fsp3) is 0.129. The van der Waals surface area contributed by atoms with Crippen molar-refractivity contribution in [3.8, 4) is 5.75 Å². The zero-order valence-electron chi connectivity index (χ0n) is 20.6. The summed E-state index contributed by atoms with van der Waals surface area (Å²) in [5.41, 5.74) is 3.42. The Morgan fingerprint density at radius 2 is 1.42 bits per heavy atom. The number of esters is 1. The van der Waals surface area contributed by atoms with Crippen LogP contribution >= 0.6 is 0 Å². The predicted octanol–water partition coefficient (Wildman–Crippen LogP) is 5.27. The highest BCUT2D eigenvalue weighted by molar-refractivity contribution is 6.24. The van der Waals surface area contributed by atoms with Gasteiger partial charge in [0.1, 0.15) is 11.7 Å². The molecule has 0 bridgehead atoms. The molecule has 3 atom stereocenters. The summed E-state index contributed by atoms with van der Waals surface area (Å²) in [4.78, 5) is 47.1. The van der Waals surface area contributed by atoms with Gasteiger partial charge in [-0.25, -0.2) is 14.8 Å². The van der Waals surface area contributed by atoms with Gasteiger partial charge >= 0.3 is 5.97 Å². The molecule has 4 aromatic rings. The molecule has 0 unspecified atom stereocenters. The average Bonchev–Trinajstić information content (AvgIpc) is 3.45. The molecule has 2 aliphatic heterocycles. The number of nitrogens with zero attached hydrogens (tertiary/aromatic N) is 2. The van der Waals surface area contributed by atoms with Crippen LogP contribution in [0.15, 0.2) is 109 Å². The molecule has 6 rings (SSSR count). The Labute approximate surface area is 219 Å². The topological polar surface area (TPSA) is 76.2 Å². The Balaban J connectivity index is 1.33. The van der Waals surface area contributed by atoms with Crippen LogP contribution in [0.5, 0.6) is 5.75 Å². The summed E-state index contributed by atoms with van der Waals surface area (Å²) in [6, 6.07) is 31.8. The summed E-state index contributed by atoms with van der Waals surface area (Å²) in [6.07, 6.45) is -0.955. The van der Waals surface area contributed by atoms with Gasteiger partial charge in [0.15, 0.2) is 6.10 Å². The number of fused-ring (bicyclic) bond motifs is 1. The highest BCUT2D eigenvalue weighted by Gasteiger charge is 2.60. The lowest BCUT2D eigenvalue weighted by Crippen LogP contribution is -2.37. The van der Waals surface area contributed by atoms with Gasteiger partial charge in [-0.15, -0.1) is 0 Å². The third kappa shape index (κ3) is 4.13. The maximum absolute atomic E-state index is 13.8. The van der Waals surface area contributed by atoms with Crippen molar-refractivity contribution in [2.45, 2.75) is 19.1 Å². The van der Waals surface area contributed by atoms with Crippen molar-refractivity contribution in [3.05, 3.63) is 126 Å². The van der Waals surface area contributed by atoms with Crippen LogP contribution in [0.3, 0.4) is 0 Å². The molecule has 2 amide bonds. The molecule has 0 aromatic heterocycles. The number of anilines is 2. The smallest absolute Gasteiger partial charge is 0.343 e. The minimum atomic E-state index is -0.955. The van der Waals surface area contributed by atoms with Crippen molar-refractivity contribution in [3.63, 3.8) is 0 Å². The van der Waals surface area contributed by atoms with E-state index in [0.717, 1.165) is 16.8 Å². The number of hydroxylamine groups is 1. The standard InChI is InChI=1S/C31H24N2O5/c1-20-9-8-14-24(19-20)32-29(34)26-27(33(38-28(26)30(32)35)23-12-6-3-7-13-23)21-15-17-25(18-16-21)37-31(36)22-10-4-2-5-11-22/h2-19,26-28H,1H3/t26-,27-,28+/m0/s1. The molecule has 4 aromatic carbocycles. The molecule has 7 heteroatoms. The van der Waals surface area contributed by atoms with Crippen molar-refractivity contribution in [2.24, 2.45) is 5.92 Å². The van der Waals surface area contributed by atoms with Gasteiger partial charge < -0.3 is 4.74 Å². The molecule has 2 fully saturated rings. The van der Waals surface area contributed by atoms with Gasteiger partial charge in [-0.1, -0.05) is 60.7 Å². The van der Waals surface area contributed by atoms with E-state index in [1.807, 2.05) is 61.5 Å². The van der Waals surface area contributed by atoms with E-state index in [-0.39, 0.29) is 11.8 Å². The van der Waals surface area contributed by atoms with E-state index >= 15 is 0 Å². The predicted molar refractivity (Wildman–Crippen MR) is 142 cm³/mol. The van der Waals surface area contributed by atoms with Crippen LogP contribution in [0.4, 0.5) is 11.4 Å². The van der Waals surface area contributed by atoms with E-state index in [1.54, 1.807) is 59.7 Å². The molecule has 0 N–H and O–H groups in total. The SMILES string of the molecule is Cc1cccc(N2C(=O)[C@@H]3[C@@H](ON(c4ccccc4)[C@H]3c3ccc(OC(=O)c4ccccc4)cc3)C2=O)c1. The Morgan fingerprint density at radius 3 is 2.11 bits per heavy atom. The first-order valence-electron chi connectivity index (χ1n) is 12.3. The number of carbonyl (C=O) groups excluding carboxylic acids is 3. The molecule has 2 aliphatic rings. The molecule has 188 valence electrons. The van der Waals surface area contributed by atoms with E-state index in [0.29, 0.717) is 17.0 Å². The third-order valence-corrected chi connectivity index (χ3v) is 6.83. The molecule has 0 spiro atoms. The van der Waals surface area contributed by atoms with Gasteiger partial charge in [0.2, 0.25) is 5.91 Å². The molecule has 38 heavy (non-hydrogen) atoms. The number of imide groups is 1. The third-order valence-electron chi connectivity index (χ3n) is 6.83. The lowest BCUT2D eigenvalue weighted by atomic mass is 9.90. The molecule has 0 saturated carbocycles. The fourth-order valence-electron chi connectivity index (χ4n) is 5.05. The maximum atomic E-state index is 13.8. The second-order valence-corrected chi connectivity index (χ2v) is 9.33. The zero-order valence-corrected chi connectivity index (χ0v) is 20.6. The average molecular weight is 505 g/mol. The Kier molecular flexibility index (Phi) is 5.98.